The number of rotatable bonds is 3. The average molecular weight is 247 g/mol. The van der Waals surface area contributed by atoms with Gasteiger partial charge in [-0.2, -0.15) is 8.78 Å². The average Bonchev–Trinajstić information content (AvgIpc) is 2.64. The smallest absolute Gasteiger partial charge is 0.387 e. The molecule has 0 saturated carbocycles. The molecule has 0 saturated heterocycles. The summed E-state index contributed by atoms with van der Waals surface area (Å²) in [5, 5.41) is 6.94. The van der Waals surface area contributed by atoms with E-state index in [0.717, 1.165) is 0 Å². The Hall–Kier alpha value is -1.69. The van der Waals surface area contributed by atoms with Gasteiger partial charge in [-0.1, -0.05) is 11.2 Å². The molecule has 1 aromatic heterocycles. The summed E-state index contributed by atoms with van der Waals surface area (Å²) in [5.41, 5.74) is 0.456. The molecule has 7 heteroatoms. The van der Waals surface area contributed by atoms with E-state index in [2.05, 4.69) is 14.9 Å². The van der Waals surface area contributed by atoms with Crippen LogP contribution in [0.4, 0.5) is 8.78 Å². The van der Waals surface area contributed by atoms with Crippen LogP contribution in [0.1, 0.15) is 0 Å². The predicted molar refractivity (Wildman–Crippen MR) is 51.4 cm³/mol. The molecule has 4 nitrogen and oxygen atoms in total. The maximum absolute atomic E-state index is 12.0. The zero-order valence-electron chi connectivity index (χ0n) is 7.73. The van der Waals surface area contributed by atoms with Crippen LogP contribution in [0.3, 0.4) is 0 Å². The Labute approximate surface area is 93.8 Å². The van der Waals surface area contributed by atoms with Crippen LogP contribution in [0.25, 0.3) is 11.5 Å². The topological polar surface area (TPSA) is 48.2 Å². The molecule has 0 spiro atoms. The van der Waals surface area contributed by atoms with Gasteiger partial charge in [0.15, 0.2) is 0 Å². The van der Waals surface area contributed by atoms with E-state index in [1.165, 1.54) is 18.2 Å². The summed E-state index contributed by atoms with van der Waals surface area (Å²) in [7, 11) is 0. The zero-order chi connectivity index (χ0) is 11.5. The van der Waals surface area contributed by atoms with Gasteiger partial charge in [-0.25, -0.2) is 0 Å². The largest absolute Gasteiger partial charge is 0.435 e. The highest BCUT2D eigenvalue weighted by atomic mass is 35.5. The molecular formula is C9H5ClF2N2O2. The lowest BCUT2D eigenvalue weighted by Crippen LogP contribution is -2.01. The molecule has 0 amide bonds. The van der Waals surface area contributed by atoms with Crippen molar-refractivity contribution in [2.45, 2.75) is 6.61 Å². The van der Waals surface area contributed by atoms with Crippen LogP contribution in [-0.4, -0.2) is 16.8 Å². The first-order chi connectivity index (χ1) is 7.65. The molecule has 0 atom stereocenters. The van der Waals surface area contributed by atoms with Crippen molar-refractivity contribution in [3.63, 3.8) is 0 Å². The van der Waals surface area contributed by atoms with Gasteiger partial charge in [-0.3, -0.25) is 0 Å². The molecule has 0 fully saturated rings. The van der Waals surface area contributed by atoms with Gasteiger partial charge in [0.2, 0.25) is 5.89 Å². The van der Waals surface area contributed by atoms with Gasteiger partial charge in [0.1, 0.15) is 5.75 Å². The van der Waals surface area contributed by atoms with E-state index >= 15 is 0 Å². The van der Waals surface area contributed by atoms with E-state index in [0.29, 0.717) is 5.56 Å². The lowest BCUT2D eigenvalue weighted by atomic mass is 10.2. The Morgan fingerprint density at radius 2 is 2.12 bits per heavy atom. The fourth-order valence-corrected chi connectivity index (χ4v) is 1.24. The molecule has 0 unspecified atom stereocenters. The van der Waals surface area contributed by atoms with Gasteiger partial charge in [0.05, 0.1) is 0 Å². The molecule has 0 aliphatic heterocycles. The van der Waals surface area contributed by atoms with Crippen LogP contribution < -0.4 is 4.74 Å². The van der Waals surface area contributed by atoms with Gasteiger partial charge >= 0.3 is 12.0 Å². The molecule has 0 aliphatic rings. The molecule has 0 radical (unpaired) electrons. The van der Waals surface area contributed by atoms with Crippen molar-refractivity contribution in [1.82, 2.24) is 10.2 Å². The monoisotopic (exact) mass is 246 g/mol. The van der Waals surface area contributed by atoms with Crippen molar-refractivity contribution in [3.05, 3.63) is 29.6 Å². The predicted octanol–water partition coefficient (Wildman–Crippen LogP) is 2.99. The third-order valence-corrected chi connectivity index (χ3v) is 1.86. The molecule has 1 heterocycles. The molecule has 16 heavy (non-hydrogen) atoms. The molecule has 1 aromatic carbocycles. The number of hydrogen-bond donors (Lipinski definition) is 0. The van der Waals surface area contributed by atoms with Gasteiger partial charge in [0.25, 0.3) is 0 Å². The molecule has 2 aromatic rings. The van der Waals surface area contributed by atoms with E-state index in [-0.39, 0.29) is 17.0 Å². The number of alkyl halides is 2. The van der Waals surface area contributed by atoms with Gasteiger partial charge < -0.3 is 9.15 Å². The first-order valence-corrected chi connectivity index (χ1v) is 4.57. The summed E-state index contributed by atoms with van der Waals surface area (Å²) in [5.74, 6) is 0.159. The number of halogens is 3. The molecule has 2 rings (SSSR count). The Kier molecular flexibility index (Phi) is 3.00. The van der Waals surface area contributed by atoms with Crippen LogP contribution in [-0.2, 0) is 0 Å². The van der Waals surface area contributed by atoms with Crippen molar-refractivity contribution in [3.8, 4) is 17.2 Å². The number of aromatic nitrogens is 2. The number of hydrogen-bond acceptors (Lipinski definition) is 4. The quantitative estimate of drug-likeness (QED) is 0.835. The van der Waals surface area contributed by atoms with Crippen LogP contribution in [0, 0.1) is 0 Å². The molecule has 0 aliphatic carbocycles. The Balaban J connectivity index is 2.28. The van der Waals surface area contributed by atoms with Gasteiger partial charge in [-0.15, -0.1) is 5.10 Å². The summed E-state index contributed by atoms with van der Waals surface area (Å²) < 4.78 is 33.1. The van der Waals surface area contributed by atoms with Crippen LogP contribution in [0.2, 0.25) is 5.35 Å². The maximum Gasteiger partial charge on any atom is 0.387 e. The molecule has 0 N–H and O–H groups in total. The maximum atomic E-state index is 12.0. The number of ether oxygens (including phenoxy) is 1. The second-order valence-corrected chi connectivity index (χ2v) is 3.09. The van der Waals surface area contributed by atoms with E-state index in [9.17, 15) is 8.78 Å². The Morgan fingerprint density at radius 1 is 1.31 bits per heavy atom. The van der Waals surface area contributed by atoms with Crippen molar-refractivity contribution in [1.29, 1.82) is 0 Å². The van der Waals surface area contributed by atoms with E-state index in [1.807, 2.05) is 0 Å². The normalized spacial score (nSPS) is 10.8. The Morgan fingerprint density at radius 3 is 2.75 bits per heavy atom. The van der Waals surface area contributed by atoms with Crippen molar-refractivity contribution in [2.24, 2.45) is 0 Å². The minimum atomic E-state index is -2.87. The van der Waals surface area contributed by atoms with E-state index in [4.69, 9.17) is 16.0 Å². The second-order valence-electron chi connectivity index (χ2n) is 2.77. The SMILES string of the molecule is FC(F)Oc1cccc(-c2nnc(Cl)o2)c1. The van der Waals surface area contributed by atoms with Crippen molar-refractivity contribution >= 4 is 11.6 Å². The lowest BCUT2D eigenvalue weighted by molar-refractivity contribution is -0.0498. The number of nitrogens with zero attached hydrogens (tertiary/aromatic N) is 2. The van der Waals surface area contributed by atoms with Crippen molar-refractivity contribution < 1.29 is 17.9 Å². The summed E-state index contributed by atoms with van der Waals surface area (Å²) >= 11 is 5.44. The third-order valence-electron chi connectivity index (χ3n) is 1.71. The first kappa shape index (κ1) is 10.8. The van der Waals surface area contributed by atoms with Crippen LogP contribution in [0.15, 0.2) is 28.7 Å². The first-order valence-electron chi connectivity index (χ1n) is 4.19. The minimum Gasteiger partial charge on any atom is -0.435 e. The zero-order valence-corrected chi connectivity index (χ0v) is 8.49. The van der Waals surface area contributed by atoms with Gasteiger partial charge in [0, 0.05) is 5.56 Å². The second kappa shape index (κ2) is 4.44. The highest BCUT2D eigenvalue weighted by Crippen LogP contribution is 2.24. The minimum absolute atomic E-state index is 0.0156. The number of benzene rings is 1. The fraction of sp³-hybridized carbons (Fsp3) is 0.111. The third kappa shape index (κ3) is 2.46. The summed E-state index contributed by atoms with van der Waals surface area (Å²) in [4.78, 5) is 0. The van der Waals surface area contributed by atoms with Crippen LogP contribution in [0.5, 0.6) is 5.75 Å². The van der Waals surface area contributed by atoms with E-state index in [1.54, 1.807) is 6.07 Å². The fourth-order valence-electron chi connectivity index (χ4n) is 1.13. The van der Waals surface area contributed by atoms with Crippen molar-refractivity contribution in [2.75, 3.05) is 0 Å². The van der Waals surface area contributed by atoms with E-state index < -0.39 is 6.61 Å². The Bertz CT molecular complexity index is 490. The highest BCUT2D eigenvalue weighted by molar-refractivity contribution is 6.27. The standard InChI is InChI=1S/C9H5ClF2N2O2/c10-8-14-13-7(16-8)5-2-1-3-6(4-5)15-9(11)12/h1-4,9H. The summed E-state index contributed by atoms with van der Waals surface area (Å²) in [6, 6.07) is 5.90. The summed E-state index contributed by atoms with van der Waals surface area (Å²) in [6.07, 6.45) is 0. The van der Waals surface area contributed by atoms with Gasteiger partial charge in [-0.05, 0) is 29.8 Å². The summed E-state index contributed by atoms with van der Waals surface area (Å²) in [6.45, 7) is -2.87. The lowest BCUT2D eigenvalue weighted by Gasteiger charge is -2.04. The molecule has 0 bridgehead atoms. The highest BCUT2D eigenvalue weighted by Gasteiger charge is 2.09. The van der Waals surface area contributed by atoms with Crippen LogP contribution >= 0.6 is 11.6 Å². The molecule has 84 valence electrons. The molecular weight excluding hydrogens is 242 g/mol.